The van der Waals surface area contributed by atoms with Crippen LogP contribution in [-0.4, -0.2) is 33.0 Å². The smallest absolute Gasteiger partial charge is 0.344 e. The summed E-state index contributed by atoms with van der Waals surface area (Å²) >= 11 is 0. The third-order valence-electron chi connectivity index (χ3n) is 3.55. The number of anilines is 1. The zero-order chi connectivity index (χ0) is 20.0. The molecular formula is C18H20N2O6S. The number of ether oxygens (including phenoxy) is 2. The Bertz CT molecular complexity index is 942. The number of hydrogen-bond acceptors (Lipinski definition) is 6. The summed E-state index contributed by atoms with van der Waals surface area (Å²) in [6, 6.07) is 12.6. The van der Waals surface area contributed by atoms with E-state index in [1.807, 2.05) is 19.1 Å². The number of carbonyl (C=O) groups is 2. The maximum Gasteiger partial charge on any atom is 0.344 e. The number of nitrogens with one attached hydrogen (secondary N) is 1. The van der Waals surface area contributed by atoms with E-state index in [1.54, 1.807) is 12.1 Å². The highest BCUT2D eigenvalue weighted by atomic mass is 32.2. The molecule has 2 rings (SSSR count). The van der Waals surface area contributed by atoms with Crippen LogP contribution in [0.5, 0.6) is 5.75 Å². The first-order valence-corrected chi connectivity index (χ1v) is 9.53. The SMILES string of the molecule is Cc1ccccc1OCC(=O)OC(C)C(=O)Nc1cccc(S(N)(=O)=O)c1. The average molecular weight is 392 g/mol. The lowest BCUT2D eigenvalue weighted by atomic mass is 10.2. The first kappa shape index (κ1) is 20.4. The fourth-order valence-electron chi connectivity index (χ4n) is 2.13. The number of esters is 1. The van der Waals surface area contributed by atoms with Gasteiger partial charge in [0.05, 0.1) is 4.90 Å². The molecule has 0 aromatic heterocycles. The molecule has 27 heavy (non-hydrogen) atoms. The Kier molecular flexibility index (Phi) is 6.54. The summed E-state index contributed by atoms with van der Waals surface area (Å²) in [7, 11) is -3.89. The maximum absolute atomic E-state index is 12.1. The second-order valence-corrected chi connectivity index (χ2v) is 7.31. The monoisotopic (exact) mass is 392 g/mol. The number of aryl methyl sites for hydroxylation is 1. The normalized spacial score (nSPS) is 12.1. The van der Waals surface area contributed by atoms with Gasteiger partial charge in [0, 0.05) is 5.69 Å². The van der Waals surface area contributed by atoms with Crippen LogP contribution in [0.15, 0.2) is 53.4 Å². The lowest BCUT2D eigenvalue weighted by Crippen LogP contribution is -2.31. The van der Waals surface area contributed by atoms with Crippen molar-refractivity contribution >= 4 is 27.6 Å². The molecule has 1 amide bonds. The minimum atomic E-state index is -3.89. The van der Waals surface area contributed by atoms with E-state index < -0.39 is 28.0 Å². The molecule has 3 N–H and O–H groups in total. The Balaban J connectivity index is 1.90. The number of amides is 1. The molecule has 1 atom stereocenters. The molecule has 0 aliphatic carbocycles. The molecule has 0 saturated carbocycles. The molecule has 1 unspecified atom stereocenters. The van der Waals surface area contributed by atoms with Crippen molar-refractivity contribution in [1.82, 2.24) is 0 Å². The van der Waals surface area contributed by atoms with Gasteiger partial charge in [-0.2, -0.15) is 0 Å². The van der Waals surface area contributed by atoms with Crippen molar-refractivity contribution in [2.75, 3.05) is 11.9 Å². The van der Waals surface area contributed by atoms with E-state index in [0.717, 1.165) is 5.56 Å². The Morgan fingerprint density at radius 2 is 1.85 bits per heavy atom. The van der Waals surface area contributed by atoms with Crippen LogP contribution >= 0.6 is 0 Å². The molecule has 0 fully saturated rings. The van der Waals surface area contributed by atoms with Crippen LogP contribution in [-0.2, 0) is 24.3 Å². The first-order valence-electron chi connectivity index (χ1n) is 7.98. The Hall–Kier alpha value is -2.91. The summed E-state index contributed by atoms with van der Waals surface area (Å²) in [5.74, 6) is -0.781. The minimum Gasteiger partial charge on any atom is -0.482 e. The molecule has 144 valence electrons. The molecule has 0 saturated heterocycles. The van der Waals surface area contributed by atoms with E-state index >= 15 is 0 Å². The number of benzene rings is 2. The van der Waals surface area contributed by atoms with E-state index in [2.05, 4.69) is 5.32 Å². The molecule has 2 aromatic rings. The van der Waals surface area contributed by atoms with E-state index in [4.69, 9.17) is 14.6 Å². The van der Waals surface area contributed by atoms with Crippen molar-refractivity contribution in [1.29, 1.82) is 0 Å². The van der Waals surface area contributed by atoms with Gasteiger partial charge in [-0.1, -0.05) is 24.3 Å². The molecule has 0 bridgehead atoms. The molecule has 2 aromatic carbocycles. The molecule has 9 heteroatoms. The van der Waals surface area contributed by atoms with Crippen LogP contribution < -0.4 is 15.2 Å². The van der Waals surface area contributed by atoms with Crippen molar-refractivity contribution in [3.05, 3.63) is 54.1 Å². The van der Waals surface area contributed by atoms with Crippen molar-refractivity contribution < 1.29 is 27.5 Å². The van der Waals surface area contributed by atoms with E-state index in [-0.39, 0.29) is 17.2 Å². The second-order valence-electron chi connectivity index (χ2n) is 5.75. The van der Waals surface area contributed by atoms with Crippen LogP contribution in [0.4, 0.5) is 5.69 Å². The zero-order valence-electron chi connectivity index (χ0n) is 14.8. The van der Waals surface area contributed by atoms with E-state index in [1.165, 1.54) is 31.2 Å². The van der Waals surface area contributed by atoms with Crippen molar-refractivity contribution in [3.8, 4) is 5.75 Å². The third kappa shape index (κ3) is 6.08. The van der Waals surface area contributed by atoms with Gasteiger partial charge in [-0.05, 0) is 43.7 Å². The largest absolute Gasteiger partial charge is 0.482 e. The van der Waals surface area contributed by atoms with Gasteiger partial charge in [-0.3, -0.25) is 4.79 Å². The maximum atomic E-state index is 12.1. The van der Waals surface area contributed by atoms with Crippen LogP contribution in [0, 0.1) is 6.92 Å². The molecule has 0 spiro atoms. The predicted octanol–water partition coefficient (Wildman–Crippen LogP) is 1.59. The Labute approximate surface area is 157 Å². The highest BCUT2D eigenvalue weighted by Gasteiger charge is 2.19. The lowest BCUT2D eigenvalue weighted by molar-refractivity contribution is -0.155. The van der Waals surface area contributed by atoms with Gasteiger partial charge in [0.25, 0.3) is 5.91 Å². The molecule has 0 aliphatic heterocycles. The number of sulfonamides is 1. The van der Waals surface area contributed by atoms with Gasteiger partial charge in [-0.15, -0.1) is 0 Å². The fourth-order valence-corrected chi connectivity index (χ4v) is 2.69. The van der Waals surface area contributed by atoms with Crippen molar-refractivity contribution in [2.45, 2.75) is 24.8 Å². The number of rotatable bonds is 7. The number of hydrogen-bond donors (Lipinski definition) is 2. The van der Waals surface area contributed by atoms with E-state index in [0.29, 0.717) is 5.75 Å². The van der Waals surface area contributed by atoms with Crippen LogP contribution in [0.25, 0.3) is 0 Å². The summed E-state index contributed by atoms with van der Waals surface area (Å²) in [6.45, 7) is 2.89. The number of carbonyl (C=O) groups excluding carboxylic acids is 2. The highest BCUT2D eigenvalue weighted by Crippen LogP contribution is 2.16. The quantitative estimate of drug-likeness (QED) is 0.690. The summed E-state index contributed by atoms with van der Waals surface area (Å²) in [5, 5.41) is 7.52. The Morgan fingerprint density at radius 1 is 1.15 bits per heavy atom. The van der Waals surface area contributed by atoms with Crippen LogP contribution in [0.3, 0.4) is 0 Å². The van der Waals surface area contributed by atoms with Gasteiger partial charge >= 0.3 is 5.97 Å². The summed E-state index contributed by atoms with van der Waals surface area (Å²) < 4.78 is 33.1. The third-order valence-corrected chi connectivity index (χ3v) is 4.46. The van der Waals surface area contributed by atoms with Gasteiger partial charge in [0.15, 0.2) is 12.7 Å². The van der Waals surface area contributed by atoms with Gasteiger partial charge in [-0.25, -0.2) is 18.4 Å². The fraction of sp³-hybridized carbons (Fsp3) is 0.222. The molecule has 0 aliphatic rings. The predicted molar refractivity (Wildman–Crippen MR) is 98.7 cm³/mol. The number of primary sulfonamides is 1. The van der Waals surface area contributed by atoms with Gasteiger partial charge in [0.1, 0.15) is 5.75 Å². The standard InChI is InChI=1S/C18H20N2O6S/c1-12-6-3-4-9-16(12)25-11-17(21)26-13(2)18(22)20-14-7-5-8-15(10-14)27(19,23)24/h3-10,13H,11H2,1-2H3,(H,20,22)(H2,19,23,24). The lowest BCUT2D eigenvalue weighted by Gasteiger charge is -2.14. The van der Waals surface area contributed by atoms with E-state index in [9.17, 15) is 18.0 Å². The average Bonchev–Trinajstić information content (AvgIpc) is 2.60. The summed E-state index contributed by atoms with van der Waals surface area (Å²) in [5.41, 5.74) is 1.08. The minimum absolute atomic E-state index is 0.142. The van der Waals surface area contributed by atoms with Gasteiger partial charge < -0.3 is 14.8 Å². The molecule has 0 radical (unpaired) electrons. The second kappa shape index (κ2) is 8.65. The molecule has 8 nitrogen and oxygen atoms in total. The molecule has 0 heterocycles. The summed E-state index contributed by atoms with van der Waals surface area (Å²) in [6.07, 6.45) is -1.10. The van der Waals surface area contributed by atoms with Gasteiger partial charge in [0.2, 0.25) is 10.0 Å². The van der Waals surface area contributed by atoms with Crippen LogP contribution in [0.2, 0.25) is 0 Å². The van der Waals surface area contributed by atoms with Crippen LogP contribution in [0.1, 0.15) is 12.5 Å². The highest BCUT2D eigenvalue weighted by molar-refractivity contribution is 7.89. The summed E-state index contributed by atoms with van der Waals surface area (Å²) in [4.78, 5) is 23.8. The Morgan fingerprint density at radius 3 is 2.52 bits per heavy atom. The molecular weight excluding hydrogens is 372 g/mol. The number of nitrogens with two attached hydrogens (primary N) is 1. The van der Waals surface area contributed by atoms with Crippen molar-refractivity contribution in [3.63, 3.8) is 0 Å². The topological polar surface area (TPSA) is 125 Å². The number of para-hydroxylation sites is 1. The van der Waals surface area contributed by atoms with Crippen molar-refractivity contribution in [2.24, 2.45) is 5.14 Å². The zero-order valence-corrected chi connectivity index (χ0v) is 15.7. The first-order chi connectivity index (χ1) is 12.7.